The van der Waals surface area contributed by atoms with Crippen LogP contribution in [0.15, 0.2) is 71.8 Å². The van der Waals surface area contributed by atoms with E-state index in [1.54, 1.807) is 24.3 Å². The first kappa shape index (κ1) is 44.9. The van der Waals surface area contributed by atoms with Crippen molar-refractivity contribution in [2.45, 2.75) is 112 Å². The number of carboxylic acids is 2. The van der Waals surface area contributed by atoms with Crippen LogP contribution < -0.4 is 69.3 Å². The first-order valence-electron chi connectivity index (χ1n) is 19.7. The quantitative estimate of drug-likeness (QED) is 0.306. The number of carboxylic acid groups (broad SMARTS) is 2. The van der Waals surface area contributed by atoms with E-state index in [2.05, 4.69) is 60.6 Å². The average molecular weight is 781 g/mol. The normalized spacial score (nSPS) is 35.2. The number of hydrogen-bond donors (Lipinski definition) is 0. The molecule has 0 spiro atoms. The maximum Gasteiger partial charge on any atom is 1.00 e. The third-order valence-corrected chi connectivity index (χ3v) is 15.8. The summed E-state index contributed by atoms with van der Waals surface area (Å²) in [6.07, 6.45) is 13.2. The van der Waals surface area contributed by atoms with E-state index >= 15 is 0 Å². The van der Waals surface area contributed by atoms with Gasteiger partial charge >= 0.3 is 71.1 Å². The van der Waals surface area contributed by atoms with Crippen molar-refractivity contribution in [3.8, 4) is 0 Å². The molecule has 4 fully saturated rings. The largest absolute Gasteiger partial charge is 1.00 e. The first-order chi connectivity index (χ1) is 25.3. The van der Waals surface area contributed by atoms with Crippen molar-refractivity contribution in [3.63, 3.8) is 0 Å². The monoisotopic (exact) mass is 780 g/mol. The first-order valence-corrected chi connectivity index (χ1v) is 19.7. The number of aromatic carboxylic acids is 2. The SMILES string of the molecule is CC1(C)[C@@H](OC(=O)c2ccccc2C(=O)[O-])CC[C@]2(C)C3=CC=C4[C@@H]5C[C@@](C)(COC(=O)c6ccccc6C(=O)[O-])CC[C@]5(C)CC[C@@]4(C)[C@]3(C)CC[C@@H]12.[Na+].[Na+]. The summed E-state index contributed by atoms with van der Waals surface area (Å²) < 4.78 is 12.1. The molecular weight excluding hydrogens is 726 g/mol. The predicted molar refractivity (Wildman–Crippen MR) is 200 cm³/mol. The molecule has 0 saturated heterocycles. The standard InChI is InChI=1S/C46H56O8.2Na/c1-41(2)34-18-21-46(7)35(44(34,5)20-19-36(41)54-40(52)31-15-11-9-13-29(31)38(49)50)17-16-32-33-26-42(3,22-23-43(33,4)24-25-45(32,46)6)27-53-39(51)30-14-10-8-12-28(30)37(47)48;;/h8-17,33-34,36H,18-27H2,1-7H3,(H,47,48)(H,49,50);;/q;2*+1/p-2/t33-,34-,36-,42-,43+,44-,45+,46+;;/m0../s1. The van der Waals surface area contributed by atoms with Gasteiger partial charge in [-0.2, -0.15) is 0 Å². The molecule has 10 heteroatoms. The third-order valence-electron chi connectivity index (χ3n) is 15.8. The smallest absolute Gasteiger partial charge is 0.545 e. The summed E-state index contributed by atoms with van der Waals surface area (Å²) in [6, 6.07) is 12.2. The summed E-state index contributed by atoms with van der Waals surface area (Å²) >= 11 is 0. The zero-order valence-corrected chi connectivity index (χ0v) is 38.8. The van der Waals surface area contributed by atoms with E-state index in [1.807, 2.05) is 0 Å². The molecule has 8 atom stereocenters. The minimum Gasteiger partial charge on any atom is -0.545 e. The Morgan fingerprint density at radius 3 is 1.80 bits per heavy atom. The number of allylic oxidation sites excluding steroid dienone is 4. The Morgan fingerprint density at radius 1 is 0.661 bits per heavy atom. The Balaban J connectivity index is 0.00000300. The van der Waals surface area contributed by atoms with Gasteiger partial charge in [-0.25, -0.2) is 9.59 Å². The van der Waals surface area contributed by atoms with Gasteiger partial charge in [0.05, 0.1) is 29.7 Å². The second-order valence-corrected chi connectivity index (χ2v) is 19.1. The molecule has 0 bridgehead atoms. The van der Waals surface area contributed by atoms with Gasteiger partial charge in [0, 0.05) is 22.0 Å². The van der Waals surface area contributed by atoms with Crippen LogP contribution in [0.25, 0.3) is 0 Å². The third kappa shape index (κ3) is 7.14. The van der Waals surface area contributed by atoms with Crippen LogP contribution in [0, 0.1) is 44.3 Å². The Kier molecular flexibility index (Phi) is 12.6. The van der Waals surface area contributed by atoms with Crippen LogP contribution in [0.1, 0.15) is 148 Å². The van der Waals surface area contributed by atoms with Crippen LogP contribution in [0.5, 0.6) is 0 Å². The topological polar surface area (TPSA) is 133 Å². The summed E-state index contributed by atoms with van der Waals surface area (Å²) in [7, 11) is 0. The summed E-state index contributed by atoms with van der Waals surface area (Å²) in [5.74, 6) is -3.45. The van der Waals surface area contributed by atoms with Crippen molar-refractivity contribution in [2.75, 3.05) is 6.61 Å². The molecule has 5 aliphatic rings. The van der Waals surface area contributed by atoms with E-state index in [9.17, 15) is 29.4 Å². The van der Waals surface area contributed by atoms with Crippen molar-refractivity contribution in [2.24, 2.45) is 44.3 Å². The van der Waals surface area contributed by atoms with Gasteiger partial charge in [0.2, 0.25) is 0 Å². The second-order valence-electron chi connectivity index (χ2n) is 19.1. The number of carbonyl (C=O) groups is 4. The van der Waals surface area contributed by atoms with Gasteiger partial charge in [0.1, 0.15) is 6.10 Å². The number of benzene rings is 2. The number of ether oxygens (including phenoxy) is 2. The van der Waals surface area contributed by atoms with E-state index in [-0.39, 0.29) is 132 Å². The van der Waals surface area contributed by atoms with Gasteiger partial charge in [0.25, 0.3) is 0 Å². The van der Waals surface area contributed by atoms with E-state index in [4.69, 9.17) is 9.47 Å². The van der Waals surface area contributed by atoms with Gasteiger partial charge in [-0.05, 0) is 103 Å². The van der Waals surface area contributed by atoms with Crippen molar-refractivity contribution in [1.29, 1.82) is 0 Å². The molecule has 7 rings (SSSR count). The van der Waals surface area contributed by atoms with E-state index in [0.717, 1.165) is 51.4 Å². The zero-order valence-electron chi connectivity index (χ0n) is 34.8. The molecule has 0 unspecified atom stereocenters. The molecule has 0 aliphatic heterocycles. The summed E-state index contributed by atoms with van der Waals surface area (Å²) in [5, 5.41) is 23.4. The molecule has 4 saturated carbocycles. The zero-order chi connectivity index (χ0) is 39.1. The number of fused-ring (bicyclic) bond motifs is 7. The molecule has 2 aromatic carbocycles. The van der Waals surface area contributed by atoms with Crippen molar-refractivity contribution in [1.82, 2.24) is 0 Å². The van der Waals surface area contributed by atoms with Crippen molar-refractivity contribution >= 4 is 23.9 Å². The molecule has 288 valence electrons. The van der Waals surface area contributed by atoms with Gasteiger partial charge in [-0.1, -0.05) is 108 Å². The Labute approximate surface area is 376 Å². The van der Waals surface area contributed by atoms with Crippen molar-refractivity contribution in [3.05, 3.63) is 94.1 Å². The fourth-order valence-electron chi connectivity index (χ4n) is 12.2. The van der Waals surface area contributed by atoms with E-state index in [0.29, 0.717) is 12.3 Å². The molecule has 0 heterocycles. The van der Waals surface area contributed by atoms with Crippen LogP contribution >= 0.6 is 0 Å². The maximum atomic E-state index is 13.4. The Morgan fingerprint density at radius 2 is 1.21 bits per heavy atom. The van der Waals surface area contributed by atoms with Crippen LogP contribution in [0.2, 0.25) is 0 Å². The maximum absolute atomic E-state index is 13.4. The van der Waals surface area contributed by atoms with Gasteiger partial charge in [0.15, 0.2) is 0 Å². The van der Waals surface area contributed by atoms with Gasteiger partial charge in [-0.3, -0.25) is 0 Å². The minimum atomic E-state index is -1.39. The van der Waals surface area contributed by atoms with Crippen LogP contribution in [0.4, 0.5) is 0 Å². The summed E-state index contributed by atoms with van der Waals surface area (Å²) in [5.41, 5.74) is 2.06. The predicted octanol–water partition coefficient (Wildman–Crippen LogP) is 1.53. The molecule has 8 nitrogen and oxygen atoms in total. The Bertz CT molecular complexity index is 1990. The summed E-state index contributed by atoms with van der Waals surface area (Å²) in [4.78, 5) is 50.0. The number of esters is 2. The minimum absolute atomic E-state index is 0. The van der Waals surface area contributed by atoms with Gasteiger partial charge < -0.3 is 29.3 Å². The molecule has 2 aromatic rings. The fourth-order valence-corrected chi connectivity index (χ4v) is 12.2. The van der Waals surface area contributed by atoms with Crippen LogP contribution in [0.3, 0.4) is 0 Å². The molecule has 0 radical (unpaired) electrons. The van der Waals surface area contributed by atoms with Crippen molar-refractivity contribution < 1.29 is 98.0 Å². The molecule has 56 heavy (non-hydrogen) atoms. The number of carbonyl (C=O) groups excluding carboxylic acids is 4. The van der Waals surface area contributed by atoms with Crippen LogP contribution in [-0.4, -0.2) is 36.6 Å². The van der Waals surface area contributed by atoms with E-state index < -0.39 is 23.9 Å². The fraction of sp³-hybridized carbons (Fsp3) is 0.565. The number of rotatable bonds is 7. The van der Waals surface area contributed by atoms with E-state index in [1.165, 1.54) is 35.4 Å². The molecule has 0 N–H and O–H groups in total. The number of hydrogen-bond acceptors (Lipinski definition) is 8. The Hall–Kier alpha value is -2.20. The van der Waals surface area contributed by atoms with Crippen LogP contribution in [-0.2, 0) is 9.47 Å². The average Bonchev–Trinajstić information content (AvgIpc) is 3.13. The molecule has 0 aromatic heterocycles. The molecule has 5 aliphatic carbocycles. The van der Waals surface area contributed by atoms with Gasteiger partial charge in [-0.15, -0.1) is 0 Å². The summed E-state index contributed by atoms with van der Waals surface area (Å²) in [6.45, 7) is 16.7. The molecule has 0 amide bonds. The molecular formula is C46H54Na2O8. The second kappa shape index (κ2) is 15.8.